The first-order valence-corrected chi connectivity index (χ1v) is 11.0. The molecule has 0 aliphatic carbocycles. The number of methoxy groups -OCH3 is 1. The zero-order chi connectivity index (χ0) is 13.9. The molecule has 0 aromatic heterocycles. The summed E-state index contributed by atoms with van der Waals surface area (Å²) in [4.78, 5) is 0.942. The third-order valence-electron chi connectivity index (χ3n) is 3.06. The third-order valence-corrected chi connectivity index (χ3v) is 10.5. The molecule has 0 radical (unpaired) electrons. The van der Waals surface area contributed by atoms with Gasteiger partial charge < -0.3 is 9.82 Å². The smallest absolute Gasteiger partial charge is 0.118 e. The first kappa shape index (κ1) is 15.3. The number of benzene rings is 1. The zero-order valence-electron chi connectivity index (χ0n) is 11.1. The first-order valence-electron chi connectivity index (χ1n) is 6.34. The zero-order valence-corrected chi connectivity index (χ0v) is 14.4. The van der Waals surface area contributed by atoms with Crippen LogP contribution in [-0.4, -0.2) is 17.3 Å². The van der Waals surface area contributed by atoms with E-state index >= 15 is 0 Å². The van der Waals surface area contributed by atoms with Crippen LogP contribution < -0.4 is 15.1 Å². The van der Waals surface area contributed by atoms with Gasteiger partial charge >= 0.3 is 0 Å². The molecule has 1 N–H and O–H groups in total. The van der Waals surface area contributed by atoms with Crippen LogP contribution in [0, 0.1) is 0 Å². The molecule has 6 heteroatoms. The second-order valence-electron chi connectivity index (χ2n) is 4.46. The number of hydrogen-bond donors (Lipinski definition) is 1. The van der Waals surface area contributed by atoms with Crippen LogP contribution in [0.2, 0.25) is 0 Å². The van der Waals surface area contributed by atoms with E-state index in [1.165, 1.54) is 18.1 Å². The van der Waals surface area contributed by atoms with Gasteiger partial charge in [-0.05, 0) is 30.7 Å². The van der Waals surface area contributed by atoms with Crippen molar-refractivity contribution in [1.29, 1.82) is 0 Å². The molecule has 19 heavy (non-hydrogen) atoms. The fourth-order valence-electron chi connectivity index (χ4n) is 1.95. The summed E-state index contributed by atoms with van der Waals surface area (Å²) >= 11 is 13.2. The van der Waals surface area contributed by atoms with Crippen LogP contribution in [0.1, 0.15) is 26.2 Å². The highest BCUT2D eigenvalue weighted by Gasteiger charge is 2.35. The summed E-state index contributed by atoms with van der Waals surface area (Å²) in [7, 11) is 1.67. The molecule has 2 rings (SSSR count). The molecule has 1 aliphatic rings. The van der Waals surface area contributed by atoms with Crippen molar-refractivity contribution in [2.75, 3.05) is 7.11 Å². The molecule has 2 atom stereocenters. The van der Waals surface area contributed by atoms with E-state index in [0.717, 1.165) is 17.2 Å². The quantitative estimate of drug-likeness (QED) is 0.651. The Morgan fingerprint density at radius 2 is 2.05 bits per heavy atom. The van der Waals surface area contributed by atoms with Gasteiger partial charge in [0.25, 0.3) is 0 Å². The van der Waals surface area contributed by atoms with Crippen LogP contribution >= 0.6 is 29.0 Å². The van der Waals surface area contributed by atoms with E-state index in [2.05, 4.69) is 24.1 Å². The van der Waals surface area contributed by atoms with Crippen LogP contribution in [0.5, 0.6) is 5.75 Å². The SMILES string of the molecule is CCCCC1SP(=S)(c2ccc(OC)cc2)NC1=S. The van der Waals surface area contributed by atoms with Gasteiger partial charge in [0.2, 0.25) is 0 Å². The maximum absolute atomic E-state index is 5.85. The second kappa shape index (κ2) is 6.57. The summed E-state index contributed by atoms with van der Waals surface area (Å²) < 4.78 is 5.19. The van der Waals surface area contributed by atoms with Crippen molar-refractivity contribution in [3.05, 3.63) is 24.3 Å². The van der Waals surface area contributed by atoms with Crippen molar-refractivity contribution in [3.8, 4) is 5.75 Å². The number of hydrogen-bond acceptors (Lipinski definition) is 4. The van der Waals surface area contributed by atoms with Crippen LogP contribution in [0.4, 0.5) is 0 Å². The Bertz CT molecular complexity index is 503. The number of thiocarbonyl (C=S) groups is 1. The summed E-state index contributed by atoms with van der Waals surface area (Å²) in [6.07, 6.45) is 3.53. The lowest BCUT2D eigenvalue weighted by Crippen LogP contribution is -2.21. The van der Waals surface area contributed by atoms with E-state index in [9.17, 15) is 0 Å². The molecule has 1 fully saturated rings. The first-order chi connectivity index (χ1) is 9.09. The van der Waals surface area contributed by atoms with E-state index in [-0.39, 0.29) is 0 Å². The van der Waals surface area contributed by atoms with Gasteiger partial charge in [-0.25, -0.2) is 0 Å². The molecule has 0 saturated carbocycles. The molecule has 1 aromatic rings. The van der Waals surface area contributed by atoms with Crippen molar-refractivity contribution in [1.82, 2.24) is 5.09 Å². The summed E-state index contributed by atoms with van der Waals surface area (Å²) in [6, 6.07) is 8.05. The maximum atomic E-state index is 5.85. The van der Waals surface area contributed by atoms with Gasteiger partial charge in [-0.3, -0.25) is 0 Å². The Kier molecular flexibility index (Phi) is 5.29. The van der Waals surface area contributed by atoms with Crippen LogP contribution in [0.25, 0.3) is 0 Å². The normalized spacial score (nSPS) is 26.2. The van der Waals surface area contributed by atoms with E-state index in [1.807, 2.05) is 23.5 Å². The lowest BCUT2D eigenvalue weighted by molar-refractivity contribution is 0.415. The number of ether oxygens (including phenoxy) is 1. The molecule has 104 valence electrons. The molecule has 2 nitrogen and oxygen atoms in total. The van der Waals surface area contributed by atoms with Crippen LogP contribution in [0.15, 0.2) is 24.3 Å². The molecular weight excluding hydrogens is 313 g/mol. The highest BCUT2D eigenvalue weighted by molar-refractivity contribution is 8.73. The highest BCUT2D eigenvalue weighted by Crippen LogP contribution is 2.61. The van der Waals surface area contributed by atoms with Gasteiger partial charge in [-0.2, -0.15) is 0 Å². The minimum atomic E-state index is -1.80. The van der Waals surface area contributed by atoms with Crippen LogP contribution in [0.3, 0.4) is 0 Å². The fraction of sp³-hybridized carbons (Fsp3) is 0.462. The van der Waals surface area contributed by atoms with Gasteiger partial charge in [-0.15, -0.1) is 0 Å². The lowest BCUT2D eigenvalue weighted by Gasteiger charge is -2.15. The van der Waals surface area contributed by atoms with E-state index in [1.54, 1.807) is 7.11 Å². The summed E-state index contributed by atoms with van der Waals surface area (Å²) in [5.41, 5.74) is 0. The molecule has 0 amide bonds. The fourth-order valence-corrected chi connectivity index (χ4v) is 9.83. The molecule has 0 spiro atoms. The molecule has 1 aromatic carbocycles. The van der Waals surface area contributed by atoms with Crippen molar-refractivity contribution >= 4 is 51.1 Å². The molecule has 1 aliphatic heterocycles. The molecule has 1 saturated heterocycles. The summed E-state index contributed by atoms with van der Waals surface area (Å²) in [6.45, 7) is 2.20. The van der Waals surface area contributed by atoms with E-state index in [4.69, 9.17) is 28.8 Å². The molecular formula is C13H18NOPS3. The van der Waals surface area contributed by atoms with Gasteiger partial charge in [-0.1, -0.05) is 55.2 Å². The van der Waals surface area contributed by atoms with E-state index < -0.39 is 5.39 Å². The summed E-state index contributed by atoms with van der Waals surface area (Å²) in [5, 5.41) is 3.19. The average Bonchev–Trinajstić information content (AvgIpc) is 2.72. The van der Waals surface area contributed by atoms with Gasteiger partial charge in [0.1, 0.15) is 11.1 Å². The Morgan fingerprint density at radius 3 is 2.63 bits per heavy atom. The molecule has 0 bridgehead atoms. The minimum Gasteiger partial charge on any atom is -0.497 e. The monoisotopic (exact) mass is 331 g/mol. The van der Waals surface area contributed by atoms with Gasteiger partial charge in [0.15, 0.2) is 0 Å². The maximum Gasteiger partial charge on any atom is 0.118 e. The van der Waals surface area contributed by atoms with Crippen LogP contribution in [-0.2, 0) is 11.8 Å². The minimum absolute atomic E-state index is 0.392. The van der Waals surface area contributed by atoms with Gasteiger partial charge in [0.05, 0.1) is 17.3 Å². The van der Waals surface area contributed by atoms with Crippen molar-refractivity contribution < 1.29 is 4.74 Å². The predicted octanol–water partition coefficient (Wildman–Crippen LogP) is 3.85. The predicted molar refractivity (Wildman–Crippen MR) is 93.6 cm³/mol. The Hall–Kier alpha value is -0.0900. The van der Waals surface area contributed by atoms with Gasteiger partial charge in [0, 0.05) is 5.30 Å². The van der Waals surface area contributed by atoms with E-state index in [0.29, 0.717) is 5.25 Å². The molecule has 2 unspecified atom stereocenters. The third kappa shape index (κ3) is 3.52. The highest BCUT2D eigenvalue weighted by atomic mass is 32.9. The van der Waals surface area contributed by atoms with Crippen molar-refractivity contribution in [2.45, 2.75) is 31.4 Å². The largest absolute Gasteiger partial charge is 0.497 e. The number of rotatable bonds is 5. The topological polar surface area (TPSA) is 21.3 Å². The molecule has 1 heterocycles. The van der Waals surface area contributed by atoms with Crippen molar-refractivity contribution in [2.24, 2.45) is 0 Å². The Balaban J connectivity index is 2.15. The van der Waals surface area contributed by atoms with Crippen molar-refractivity contribution in [3.63, 3.8) is 0 Å². The number of nitrogens with one attached hydrogen (secondary N) is 1. The number of unbranched alkanes of at least 4 members (excludes halogenated alkanes) is 1. The Morgan fingerprint density at radius 1 is 1.37 bits per heavy atom. The lowest BCUT2D eigenvalue weighted by atomic mass is 10.2. The summed E-state index contributed by atoms with van der Waals surface area (Å²) in [5.74, 6) is 0.861. The average molecular weight is 331 g/mol. The second-order valence-corrected chi connectivity index (χ2v) is 12.1. The Labute approximate surface area is 129 Å². The standard InChI is InChI=1S/C13H18NOPS3/c1-3-4-5-12-13(17)14-16(18,19-12)11-8-6-10(15-2)7-9-11/h6-9,12H,3-5H2,1-2H3,(H,14,17,18).